The summed E-state index contributed by atoms with van der Waals surface area (Å²) in [5.74, 6) is 2.10. The maximum Gasteiger partial charge on any atom is 0.295 e. The Bertz CT molecular complexity index is 1370. The normalized spacial score (nSPS) is 32.3. The molecule has 0 spiro atoms. The summed E-state index contributed by atoms with van der Waals surface area (Å²) < 4.78 is 30.6. The van der Waals surface area contributed by atoms with Gasteiger partial charge in [0.25, 0.3) is 17.6 Å². The Labute approximate surface area is 221 Å². The van der Waals surface area contributed by atoms with E-state index in [9.17, 15) is 18.3 Å². The maximum absolute atomic E-state index is 13.1. The van der Waals surface area contributed by atoms with E-state index < -0.39 is 15.6 Å². The van der Waals surface area contributed by atoms with E-state index in [0.29, 0.717) is 23.3 Å². The van der Waals surface area contributed by atoms with Crippen LogP contribution in [0.2, 0.25) is 0 Å². The fraction of sp³-hybridized carbons (Fsp3) is 0.680. The van der Waals surface area contributed by atoms with Crippen molar-refractivity contribution in [3.63, 3.8) is 0 Å². The average molecular weight is 544 g/mol. The molecule has 2 aromatic heterocycles. The van der Waals surface area contributed by atoms with Crippen molar-refractivity contribution in [2.45, 2.75) is 50.2 Å². The van der Waals surface area contributed by atoms with E-state index >= 15 is 0 Å². The molecular formula is C25H33N7O5S. The lowest BCUT2D eigenvalue weighted by atomic mass is 9.52. The second-order valence-electron chi connectivity index (χ2n) is 11.8. The molecule has 1 amide bonds. The summed E-state index contributed by atoms with van der Waals surface area (Å²) in [4.78, 5) is 23.7. The first-order valence-corrected chi connectivity index (χ1v) is 15.3. The van der Waals surface area contributed by atoms with Gasteiger partial charge in [-0.3, -0.25) is 4.79 Å². The van der Waals surface area contributed by atoms with Crippen LogP contribution in [-0.2, 0) is 16.4 Å². The number of sulfonamides is 1. The first-order chi connectivity index (χ1) is 18.2. The minimum Gasteiger partial charge on any atom is -0.390 e. The highest BCUT2D eigenvalue weighted by Gasteiger charge is 2.55. The SMILES string of the molecule is CS(=O)(=O)N1CCN(C(=O)c2noc(-c3cnc4c(c3NC3[C@@H]5CC6C[C@H]3CC(O)(C6)C5)CCN4)n2)CC1. The fourth-order valence-corrected chi connectivity index (χ4v) is 8.58. The minimum atomic E-state index is -3.29. The number of aliphatic hydroxyl groups is 1. The molecule has 8 rings (SSSR count). The van der Waals surface area contributed by atoms with Crippen molar-refractivity contribution < 1.29 is 22.8 Å². The molecule has 4 bridgehead atoms. The highest BCUT2D eigenvalue weighted by Crippen LogP contribution is 2.56. The zero-order valence-electron chi connectivity index (χ0n) is 21.4. The molecule has 0 aromatic carbocycles. The summed E-state index contributed by atoms with van der Waals surface area (Å²) in [6.45, 7) is 1.82. The second kappa shape index (κ2) is 8.62. The Hall–Kier alpha value is -2.77. The largest absolute Gasteiger partial charge is 0.390 e. The third kappa shape index (κ3) is 4.06. The van der Waals surface area contributed by atoms with E-state index in [1.54, 1.807) is 11.1 Å². The molecule has 12 nitrogen and oxygen atoms in total. The molecule has 5 fully saturated rings. The third-order valence-corrected chi connectivity index (χ3v) is 10.5. The van der Waals surface area contributed by atoms with Gasteiger partial charge in [-0.2, -0.15) is 9.29 Å². The predicted molar refractivity (Wildman–Crippen MR) is 138 cm³/mol. The van der Waals surface area contributed by atoms with Gasteiger partial charge in [0.15, 0.2) is 0 Å². The molecule has 3 unspecified atom stereocenters. The zero-order valence-corrected chi connectivity index (χ0v) is 22.2. The molecule has 0 radical (unpaired) electrons. The number of rotatable bonds is 5. The monoisotopic (exact) mass is 543 g/mol. The highest BCUT2D eigenvalue weighted by molar-refractivity contribution is 7.88. The van der Waals surface area contributed by atoms with Crippen LogP contribution >= 0.6 is 0 Å². The Morgan fingerprint density at radius 1 is 1.18 bits per heavy atom. The quantitative estimate of drug-likeness (QED) is 0.501. The fourth-order valence-electron chi connectivity index (χ4n) is 7.75. The number of hydrogen-bond donors (Lipinski definition) is 3. The van der Waals surface area contributed by atoms with Crippen molar-refractivity contribution in [2.24, 2.45) is 17.8 Å². The van der Waals surface area contributed by atoms with Crippen molar-refractivity contribution in [1.82, 2.24) is 24.3 Å². The van der Waals surface area contributed by atoms with Gasteiger partial charge in [-0.15, -0.1) is 0 Å². The summed E-state index contributed by atoms with van der Waals surface area (Å²) in [6.07, 6.45) is 8.61. The number of hydrogen-bond acceptors (Lipinski definition) is 10. The molecule has 204 valence electrons. The number of carbonyl (C=O) groups is 1. The van der Waals surface area contributed by atoms with E-state index in [-0.39, 0.29) is 49.8 Å². The topological polar surface area (TPSA) is 154 Å². The van der Waals surface area contributed by atoms with Crippen LogP contribution in [0.4, 0.5) is 11.5 Å². The highest BCUT2D eigenvalue weighted by atomic mass is 32.2. The molecule has 5 atom stereocenters. The van der Waals surface area contributed by atoms with Crippen LogP contribution in [0.25, 0.3) is 11.5 Å². The van der Waals surface area contributed by atoms with Crippen LogP contribution in [0, 0.1) is 17.8 Å². The van der Waals surface area contributed by atoms with E-state index in [1.807, 2.05) is 0 Å². The Balaban J connectivity index is 1.15. The minimum absolute atomic E-state index is 0.0470. The van der Waals surface area contributed by atoms with Crippen molar-refractivity contribution in [3.8, 4) is 11.5 Å². The van der Waals surface area contributed by atoms with Gasteiger partial charge in [0.2, 0.25) is 10.0 Å². The van der Waals surface area contributed by atoms with Gasteiger partial charge < -0.3 is 25.2 Å². The number of pyridine rings is 1. The van der Waals surface area contributed by atoms with Gasteiger partial charge in [0.05, 0.1) is 23.1 Å². The number of anilines is 2. The molecular weight excluding hydrogens is 510 g/mol. The van der Waals surface area contributed by atoms with Crippen LogP contribution in [0.5, 0.6) is 0 Å². The molecule has 13 heteroatoms. The molecule has 6 aliphatic rings. The van der Waals surface area contributed by atoms with Crippen LogP contribution < -0.4 is 10.6 Å². The molecule has 38 heavy (non-hydrogen) atoms. The van der Waals surface area contributed by atoms with Gasteiger partial charge in [0.1, 0.15) is 5.82 Å². The molecule has 4 aliphatic carbocycles. The van der Waals surface area contributed by atoms with Crippen LogP contribution in [0.15, 0.2) is 10.7 Å². The van der Waals surface area contributed by atoms with Gasteiger partial charge >= 0.3 is 0 Å². The Kier molecular flexibility index (Phi) is 5.51. The summed E-state index contributed by atoms with van der Waals surface area (Å²) >= 11 is 0. The first kappa shape index (κ1) is 24.3. The number of amides is 1. The van der Waals surface area contributed by atoms with Crippen molar-refractivity contribution in [1.29, 1.82) is 0 Å². The van der Waals surface area contributed by atoms with Crippen molar-refractivity contribution in [3.05, 3.63) is 17.6 Å². The van der Waals surface area contributed by atoms with E-state index in [1.165, 1.54) is 10.6 Å². The van der Waals surface area contributed by atoms with Gasteiger partial charge in [0, 0.05) is 50.5 Å². The standard InChI is InChI=1S/C25H33N7O5S/c1-38(35,36)32-6-4-31(5-7-32)24(33)22-29-23(37-30-22)18-13-27-21-17(2-3-26-21)20(18)28-19-15-8-14-9-16(19)12-25(34,10-14)11-15/h13-16,19,34H,2-12H2,1H3,(H2,26,27,28)/t14?,15-,16+,19?,25?. The van der Waals surface area contributed by atoms with Crippen molar-refractivity contribution >= 4 is 27.4 Å². The maximum atomic E-state index is 13.1. The van der Waals surface area contributed by atoms with E-state index in [2.05, 4.69) is 25.8 Å². The lowest BCUT2D eigenvalue weighted by Crippen LogP contribution is -2.59. The molecule has 4 heterocycles. The van der Waals surface area contributed by atoms with Gasteiger partial charge in [-0.25, -0.2) is 13.4 Å². The smallest absolute Gasteiger partial charge is 0.295 e. The number of nitrogens with one attached hydrogen (secondary N) is 2. The summed E-state index contributed by atoms with van der Waals surface area (Å²) in [5, 5.41) is 22.2. The average Bonchev–Trinajstić information content (AvgIpc) is 3.54. The van der Waals surface area contributed by atoms with E-state index in [0.717, 1.165) is 62.1 Å². The lowest BCUT2D eigenvalue weighted by molar-refractivity contribution is -0.129. The van der Waals surface area contributed by atoms with Gasteiger partial charge in [-0.05, 0) is 56.3 Å². The van der Waals surface area contributed by atoms with Crippen molar-refractivity contribution in [2.75, 3.05) is 49.6 Å². The number of carbonyl (C=O) groups excluding carboxylic acids is 1. The summed E-state index contributed by atoms with van der Waals surface area (Å²) in [5.41, 5.74) is 2.17. The molecule has 2 aromatic rings. The molecule has 1 saturated heterocycles. The Morgan fingerprint density at radius 2 is 1.92 bits per heavy atom. The number of piperazine rings is 1. The predicted octanol–water partition coefficient (Wildman–Crippen LogP) is 1.17. The summed E-state index contributed by atoms with van der Waals surface area (Å²) in [7, 11) is -3.29. The molecule has 2 aliphatic heterocycles. The van der Waals surface area contributed by atoms with Crippen LogP contribution in [-0.4, -0.2) is 94.4 Å². The van der Waals surface area contributed by atoms with Crippen LogP contribution in [0.1, 0.15) is 48.3 Å². The van der Waals surface area contributed by atoms with Gasteiger partial charge in [-0.1, -0.05) is 5.16 Å². The number of aromatic nitrogens is 3. The summed E-state index contributed by atoms with van der Waals surface area (Å²) in [6, 6.07) is 0.257. The number of nitrogens with zero attached hydrogens (tertiary/aromatic N) is 5. The molecule has 4 saturated carbocycles. The van der Waals surface area contributed by atoms with E-state index in [4.69, 9.17) is 4.52 Å². The molecule has 3 N–H and O–H groups in total. The second-order valence-corrected chi connectivity index (χ2v) is 13.8. The number of fused-ring (bicyclic) bond motifs is 1. The van der Waals surface area contributed by atoms with Crippen LogP contribution in [0.3, 0.4) is 0 Å². The Morgan fingerprint density at radius 3 is 2.61 bits per heavy atom. The first-order valence-electron chi connectivity index (χ1n) is 13.5. The zero-order chi connectivity index (χ0) is 26.2. The third-order valence-electron chi connectivity index (χ3n) is 9.24. The lowest BCUT2D eigenvalue weighted by Gasteiger charge is -2.58.